The average Bonchev–Trinajstić information content (AvgIpc) is 3.76. The highest BCUT2D eigenvalue weighted by atomic mass is 19.3. The largest absolute Gasteiger partial charge is 0.486 e. The molecule has 0 bridgehead atoms. The molecular weight excluding hydrogens is 534 g/mol. The normalized spacial score (nSPS) is 16.8. The summed E-state index contributed by atoms with van der Waals surface area (Å²) in [5, 5.41) is 25.8. The van der Waals surface area contributed by atoms with Crippen LogP contribution in [0.15, 0.2) is 41.2 Å². The van der Waals surface area contributed by atoms with E-state index >= 15 is 0 Å². The highest BCUT2D eigenvalue weighted by Gasteiger charge is 2.45. The first-order chi connectivity index (χ1) is 19.7. The first-order valence-electron chi connectivity index (χ1n) is 13.6. The number of alkyl halides is 2. The van der Waals surface area contributed by atoms with Crippen molar-refractivity contribution in [2.45, 2.75) is 50.7 Å². The van der Waals surface area contributed by atoms with Gasteiger partial charge in [-0.2, -0.15) is 10.4 Å². The molecule has 41 heavy (non-hydrogen) atoms. The third kappa shape index (κ3) is 5.37. The number of benzene rings is 2. The van der Waals surface area contributed by atoms with E-state index in [-0.39, 0.29) is 35.7 Å². The van der Waals surface area contributed by atoms with Gasteiger partial charge in [-0.1, -0.05) is 18.2 Å². The Kier molecular flexibility index (Phi) is 6.91. The number of aromatic nitrogens is 4. The molecule has 1 aliphatic heterocycles. The minimum Gasteiger partial charge on any atom is -0.486 e. The highest BCUT2D eigenvalue weighted by molar-refractivity contribution is 5.85. The van der Waals surface area contributed by atoms with Gasteiger partial charge in [0.05, 0.1) is 39.7 Å². The van der Waals surface area contributed by atoms with Crippen LogP contribution in [0.25, 0.3) is 21.8 Å². The Bertz CT molecular complexity index is 1730. The summed E-state index contributed by atoms with van der Waals surface area (Å²) >= 11 is 0. The molecule has 2 aromatic carbocycles. The molecule has 2 aliphatic rings. The van der Waals surface area contributed by atoms with Crippen LogP contribution < -0.4 is 10.3 Å². The van der Waals surface area contributed by atoms with Crippen molar-refractivity contribution >= 4 is 27.7 Å². The molecule has 212 valence electrons. The Balaban J connectivity index is 1.27. The number of imidazole rings is 1. The van der Waals surface area contributed by atoms with Crippen molar-refractivity contribution in [2.24, 2.45) is 5.92 Å². The lowest BCUT2D eigenvalue weighted by atomic mass is 9.86. The van der Waals surface area contributed by atoms with Gasteiger partial charge in [-0.05, 0) is 43.7 Å². The van der Waals surface area contributed by atoms with E-state index in [1.807, 2.05) is 6.07 Å². The minimum atomic E-state index is -2.69. The predicted octanol–water partition coefficient (Wildman–Crippen LogP) is 3.14. The maximum absolute atomic E-state index is 13.3. The van der Waals surface area contributed by atoms with E-state index < -0.39 is 18.6 Å². The predicted molar refractivity (Wildman–Crippen MR) is 145 cm³/mol. The Morgan fingerprint density at radius 2 is 1.95 bits per heavy atom. The molecule has 1 saturated carbocycles. The van der Waals surface area contributed by atoms with Gasteiger partial charge < -0.3 is 19.7 Å². The lowest BCUT2D eigenvalue weighted by Crippen LogP contribution is -2.49. The number of aliphatic hydroxyl groups is 1. The van der Waals surface area contributed by atoms with Crippen LogP contribution in [-0.4, -0.2) is 67.4 Å². The van der Waals surface area contributed by atoms with Crippen molar-refractivity contribution < 1.29 is 23.4 Å². The lowest BCUT2D eigenvalue weighted by molar-refractivity contribution is -0.137. The number of halogens is 2. The monoisotopic (exact) mass is 562 g/mol. The number of likely N-dealkylation sites (tertiary alicyclic amines) is 1. The zero-order chi connectivity index (χ0) is 28.7. The molecule has 2 aromatic heterocycles. The number of hydrogen-bond acceptors (Lipinski definition) is 7. The number of carbonyl (C=O) groups is 1. The number of hydrogen-bond donors (Lipinski definition) is 2. The maximum atomic E-state index is 13.3. The summed E-state index contributed by atoms with van der Waals surface area (Å²) in [6.07, 6.45) is 0.613. The van der Waals surface area contributed by atoms with E-state index in [4.69, 9.17) is 4.74 Å². The molecule has 0 atom stereocenters. The Morgan fingerprint density at radius 1 is 1.22 bits per heavy atom. The third-order valence-electron chi connectivity index (χ3n) is 8.00. The fourth-order valence-electron chi connectivity index (χ4n) is 5.64. The van der Waals surface area contributed by atoms with Gasteiger partial charge in [0.15, 0.2) is 0 Å². The molecule has 2 N–H and O–H groups in total. The number of nitrogens with zero attached hydrogens (tertiary/aromatic N) is 5. The zero-order valence-electron chi connectivity index (χ0n) is 22.1. The number of rotatable bonds is 8. The second-order valence-corrected chi connectivity index (χ2v) is 10.8. The van der Waals surface area contributed by atoms with Gasteiger partial charge in [-0.15, -0.1) is 0 Å². The Hall–Kier alpha value is -4.37. The molecule has 1 amide bonds. The fourth-order valence-corrected chi connectivity index (χ4v) is 5.64. The van der Waals surface area contributed by atoms with Crippen molar-refractivity contribution in [1.29, 1.82) is 5.26 Å². The van der Waals surface area contributed by atoms with Crippen LogP contribution in [0, 0.1) is 17.2 Å². The van der Waals surface area contributed by atoms with Crippen molar-refractivity contribution in [3.63, 3.8) is 0 Å². The number of nitrogens with one attached hydrogen (secondary N) is 1. The van der Waals surface area contributed by atoms with Crippen LogP contribution >= 0.6 is 0 Å². The minimum absolute atomic E-state index is 0.0160. The Labute approximate surface area is 233 Å². The summed E-state index contributed by atoms with van der Waals surface area (Å²) in [4.78, 5) is 35.8. The van der Waals surface area contributed by atoms with Gasteiger partial charge in [0.2, 0.25) is 5.91 Å². The van der Waals surface area contributed by atoms with E-state index in [1.165, 1.54) is 16.8 Å². The second kappa shape index (κ2) is 10.6. The molecule has 1 aliphatic carbocycles. The van der Waals surface area contributed by atoms with Crippen LogP contribution in [0.5, 0.6) is 5.75 Å². The molecule has 4 aromatic rings. The first kappa shape index (κ1) is 26.8. The number of piperidine rings is 1. The zero-order valence-corrected chi connectivity index (χ0v) is 22.1. The molecule has 12 heteroatoms. The molecule has 2 fully saturated rings. The molecule has 1 saturated heterocycles. The number of H-pyrrole nitrogens is 1. The summed E-state index contributed by atoms with van der Waals surface area (Å²) < 4.78 is 31.6. The van der Waals surface area contributed by atoms with Crippen molar-refractivity contribution in [2.75, 3.05) is 19.7 Å². The van der Waals surface area contributed by atoms with Crippen LogP contribution in [0.4, 0.5) is 8.78 Å². The number of aromatic amines is 1. The third-order valence-corrected chi connectivity index (χ3v) is 8.00. The SMILES string of the molecule is N#Cc1cc2[nH]c(Cc3nn(CC(=O)N4CCC(O)(C5CC5)CC4)c(=O)c4ccccc34)nc2cc1OCC(F)F. The van der Waals surface area contributed by atoms with Gasteiger partial charge in [0, 0.05) is 24.5 Å². The highest BCUT2D eigenvalue weighted by Crippen LogP contribution is 2.45. The van der Waals surface area contributed by atoms with E-state index in [1.54, 1.807) is 29.2 Å². The van der Waals surface area contributed by atoms with Crippen molar-refractivity contribution in [3.05, 3.63) is 63.8 Å². The number of ether oxygens (including phenoxy) is 1. The van der Waals surface area contributed by atoms with Gasteiger partial charge in [-0.3, -0.25) is 9.59 Å². The molecule has 3 heterocycles. The smallest absolute Gasteiger partial charge is 0.275 e. The standard InChI is InChI=1S/C29H28F2N6O4/c30-25(31)16-41-24-12-23-22(11-17(24)14-32)33-26(34-23)13-21-19-3-1-2-4-20(19)28(39)37(35-21)15-27(38)36-9-7-29(40,8-10-36)18-5-6-18/h1-4,11-12,18,25,40H,5-10,13,15-16H2,(H,33,34). The number of fused-ring (bicyclic) bond motifs is 2. The van der Waals surface area contributed by atoms with E-state index in [2.05, 4.69) is 15.1 Å². The van der Waals surface area contributed by atoms with Crippen LogP contribution in [-0.2, 0) is 17.8 Å². The maximum Gasteiger partial charge on any atom is 0.275 e. The molecule has 10 nitrogen and oxygen atoms in total. The average molecular weight is 563 g/mol. The molecule has 0 spiro atoms. The first-order valence-corrected chi connectivity index (χ1v) is 13.6. The lowest BCUT2D eigenvalue weighted by Gasteiger charge is -2.38. The van der Waals surface area contributed by atoms with Gasteiger partial charge in [-0.25, -0.2) is 18.4 Å². The molecular formula is C29H28F2N6O4. The quantitative estimate of drug-likeness (QED) is 0.337. The van der Waals surface area contributed by atoms with Crippen LogP contribution in [0.3, 0.4) is 0 Å². The van der Waals surface area contributed by atoms with Gasteiger partial charge in [0.25, 0.3) is 12.0 Å². The fraction of sp³-hybridized carbons (Fsp3) is 0.414. The summed E-state index contributed by atoms with van der Waals surface area (Å²) in [5.74, 6) is 0.582. The van der Waals surface area contributed by atoms with Crippen LogP contribution in [0.1, 0.15) is 42.8 Å². The van der Waals surface area contributed by atoms with Gasteiger partial charge in [0.1, 0.15) is 30.8 Å². The van der Waals surface area contributed by atoms with Crippen molar-refractivity contribution in [3.8, 4) is 11.8 Å². The van der Waals surface area contributed by atoms with E-state index in [0.717, 1.165) is 12.8 Å². The summed E-state index contributed by atoms with van der Waals surface area (Å²) in [6, 6.07) is 11.9. The number of amides is 1. The summed E-state index contributed by atoms with van der Waals surface area (Å²) in [5.41, 5.74) is 0.477. The van der Waals surface area contributed by atoms with E-state index in [9.17, 15) is 28.7 Å². The van der Waals surface area contributed by atoms with Crippen molar-refractivity contribution in [1.82, 2.24) is 24.6 Å². The van der Waals surface area contributed by atoms with E-state index in [0.29, 0.717) is 65.2 Å². The Morgan fingerprint density at radius 3 is 2.63 bits per heavy atom. The molecule has 0 unspecified atom stereocenters. The molecule has 0 radical (unpaired) electrons. The van der Waals surface area contributed by atoms with Gasteiger partial charge >= 0.3 is 0 Å². The second-order valence-electron chi connectivity index (χ2n) is 10.8. The molecule has 6 rings (SSSR count). The number of nitriles is 1. The topological polar surface area (TPSA) is 137 Å². The number of carbonyl (C=O) groups excluding carboxylic acids is 1. The summed E-state index contributed by atoms with van der Waals surface area (Å²) in [6.45, 7) is -0.192. The van der Waals surface area contributed by atoms with Crippen LogP contribution in [0.2, 0.25) is 0 Å². The summed E-state index contributed by atoms with van der Waals surface area (Å²) in [7, 11) is 0.